The second-order valence-corrected chi connectivity index (χ2v) is 13.6. The van der Waals surface area contributed by atoms with E-state index in [1.165, 1.54) is 18.4 Å². The van der Waals surface area contributed by atoms with Crippen LogP contribution in [0.1, 0.15) is 95.6 Å². The summed E-state index contributed by atoms with van der Waals surface area (Å²) >= 11 is 1.31. The summed E-state index contributed by atoms with van der Waals surface area (Å²) in [5.41, 5.74) is 0.497. The SMILES string of the molecule is COC(=O)N1CCCC(c2csc(NC(=O)C(CCCCNC(=O)OC(C)(C)C)NC(=O)c3ccn(C(C)(C)C)c3)n2)C1. The van der Waals surface area contributed by atoms with Crippen molar-refractivity contribution in [3.05, 3.63) is 35.1 Å². The van der Waals surface area contributed by atoms with Gasteiger partial charge >= 0.3 is 12.2 Å². The maximum absolute atomic E-state index is 13.4. The van der Waals surface area contributed by atoms with Gasteiger partial charge < -0.3 is 34.9 Å². The number of likely N-dealkylation sites (tertiary alicyclic amines) is 1. The zero-order valence-electron chi connectivity index (χ0n) is 26.3. The normalized spacial score (nSPS) is 16.3. The molecule has 2 aromatic rings. The minimum Gasteiger partial charge on any atom is -0.453 e. The topological polar surface area (TPSA) is 144 Å². The number of nitrogens with zero attached hydrogens (tertiary/aromatic N) is 3. The summed E-state index contributed by atoms with van der Waals surface area (Å²) in [4.78, 5) is 56.8. The molecule has 3 rings (SSSR count). The number of ether oxygens (including phenoxy) is 2. The number of aromatic nitrogens is 2. The molecule has 1 aliphatic heterocycles. The molecule has 0 aromatic carbocycles. The Morgan fingerprint density at radius 1 is 1.14 bits per heavy atom. The molecule has 4 amide bonds. The fraction of sp³-hybridized carbons (Fsp3) is 0.633. The molecule has 0 aliphatic carbocycles. The molecule has 1 saturated heterocycles. The van der Waals surface area contributed by atoms with Gasteiger partial charge in [-0.2, -0.15) is 0 Å². The maximum atomic E-state index is 13.4. The molecule has 3 N–H and O–H groups in total. The third kappa shape index (κ3) is 10.6. The number of carbonyl (C=O) groups is 4. The Balaban J connectivity index is 1.63. The van der Waals surface area contributed by atoms with E-state index in [2.05, 4.69) is 20.9 Å². The van der Waals surface area contributed by atoms with Gasteiger partial charge in [-0.15, -0.1) is 11.3 Å². The van der Waals surface area contributed by atoms with Crippen molar-refractivity contribution in [1.82, 2.24) is 25.1 Å². The highest BCUT2D eigenvalue weighted by Crippen LogP contribution is 2.30. The number of carbonyl (C=O) groups excluding carboxylic acids is 4. The van der Waals surface area contributed by atoms with Crippen LogP contribution in [0.3, 0.4) is 0 Å². The molecular weight excluding hydrogens is 572 g/mol. The summed E-state index contributed by atoms with van der Waals surface area (Å²) in [6.45, 7) is 13.0. The van der Waals surface area contributed by atoms with Crippen molar-refractivity contribution in [3.8, 4) is 0 Å². The van der Waals surface area contributed by atoms with Crippen molar-refractivity contribution in [2.24, 2.45) is 0 Å². The third-order valence-corrected chi connectivity index (χ3v) is 7.74. The van der Waals surface area contributed by atoms with Crippen LogP contribution in [0.25, 0.3) is 0 Å². The average Bonchev–Trinajstić information content (AvgIpc) is 3.61. The molecule has 0 spiro atoms. The van der Waals surface area contributed by atoms with Crippen molar-refractivity contribution in [2.75, 3.05) is 32.1 Å². The molecule has 0 radical (unpaired) electrons. The second kappa shape index (κ2) is 14.7. The van der Waals surface area contributed by atoms with Crippen molar-refractivity contribution < 1.29 is 28.7 Å². The minimum atomic E-state index is -0.816. The Hall–Kier alpha value is -3.61. The van der Waals surface area contributed by atoms with E-state index in [1.54, 1.807) is 37.9 Å². The largest absolute Gasteiger partial charge is 0.453 e. The zero-order valence-corrected chi connectivity index (χ0v) is 27.1. The van der Waals surface area contributed by atoms with Crippen LogP contribution in [-0.4, -0.2) is 76.8 Å². The first-order valence-electron chi connectivity index (χ1n) is 14.7. The lowest BCUT2D eigenvalue weighted by Gasteiger charge is -2.30. The highest BCUT2D eigenvalue weighted by Gasteiger charge is 2.28. The average molecular weight is 619 g/mol. The van der Waals surface area contributed by atoms with E-state index in [9.17, 15) is 19.2 Å². The number of alkyl carbamates (subject to hydrolysis) is 1. The Morgan fingerprint density at radius 3 is 2.53 bits per heavy atom. The van der Waals surface area contributed by atoms with E-state index in [-0.39, 0.29) is 29.4 Å². The van der Waals surface area contributed by atoms with Gasteiger partial charge in [0, 0.05) is 48.9 Å². The molecule has 12 nitrogen and oxygen atoms in total. The van der Waals surface area contributed by atoms with Gasteiger partial charge in [0.25, 0.3) is 5.91 Å². The van der Waals surface area contributed by atoms with Crippen molar-refractivity contribution in [2.45, 2.75) is 96.7 Å². The predicted octanol–water partition coefficient (Wildman–Crippen LogP) is 5.08. The smallest absolute Gasteiger partial charge is 0.409 e. The van der Waals surface area contributed by atoms with Gasteiger partial charge in [0.2, 0.25) is 5.91 Å². The molecular formula is C30H46N6O6S. The number of rotatable bonds is 10. The highest BCUT2D eigenvalue weighted by atomic mass is 32.1. The van der Waals surface area contributed by atoms with Gasteiger partial charge in [-0.1, -0.05) is 0 Å². The number of nitrogens with one attached hydrogen (secondary N) is 3. The molecule has 1 fully saturated rings. The molecule has 2 atom stereocenters. The van der Waals surface area contributed by atoms with Crippen molar-refractivity contribution in [3.63, 3.8) is 0 Å². The number of hydrogen-bond donors (Lipinski definition) is 3. The Labute approximate surface area is 257 Å². The van der Waals surface area contributed by atoms with E-state index in [0.29, 0.717) is 49.6 Å². The molecule has 13 heteroatoms. The summed E-state index contributed by atoms with van der Waals surface area (Å²) < 4.78 is 12.1. The Morgan fingerprint density at radius 2 is 1.88 bits per heavy atom. The molecule has 0 saturated carbocycles. The van der Waals surface area contributed by atoms with E-state index in [0.717, 1.165) is 18.5 Å². The van der Waals surface area contributed by atoms with Crippen LogP contribution >= 0.6 is 11.3 Å². The van der Waals surface area contributed by atoms with E-state index in [1.807, 2.05) is 36.9 Å². The first-order chi connectivity index (χ1) is 20.2. The number of thiazole rings is 1. The number of methoxy groups -OCH3 is 1. The molecule has 0 bridgehead atoms. The summed E-state index contributed by atoms with van der Waals surface area (Å²) in [7, 11) is 1.37. The number of hydrogen-bond acceptors (Lipinski definition) is 8. The molecule has 238 valence electrons. The fourth-order valence-electron chi connectivity index (χ4n) is 4.67. The van der Waals surface area contributed by atoms with Gasteiger partial charge in [-0.25, -0.2) is 14.6 Å². The maximum Gasteiger partial charge on any atom is 0.409 e. The predicted molar refractivity (Wildman–Crippen MR) is 165 cm³/mol. The number of amides is 4. The van der Waals surface area contributed by atoms with Crippen LogP contribution in [0.5, 0.6) is 0 Å². The van der Waals surface area contributed by atoms with Crippen LogP contribution in [0, 0.1) is 0 Å². The van der Waals surface area contributed by atoms with Crippen LogP contribution in [0.2, 0.25) is 0 Å². The summed E-state index contributed by atoms with van der Waals surface area (Å²) in [5, 5.41) is 10.8. The third-order valence-electron chi connectivity index (χ3n) is 6.96. The summed E-state index contributed by atoms with van der Waals surface area (Å²) in [5.74, 6) is -0.668. The van der Waals surface area contributed by atoms with Gasteiger partial charge in [-0.05, 0) is 79.7 Å². The second-order valence-electron chi connectivity index (χ2n) is 12.8. The van der Waals surface area contributed by atoms with Crippen LogP contribution in [0.15, 0.2) is 23.8 Å². The number of anilines is 1. The molecule has 2 aromatic heterocycles. The van der Waals surface area contributed by atoms with Gasteiger partial charge in [-0.3, -0.25) is 9.59 Å². The van der Waals surface area contributed by atoms with E-state index >= 15 is 0 Å². The first-order valence-corrected chi connectivity index (χ1v) is 15.6. The standard InChI is InChI=1S/C30H46N6O6S/c1-29(2,3)36-16-13-21(18-36)24(37)32-22(12-8-9-14-31-27(39)42-30(4,5)6)25(38)34-26-33-23(19-43-26)20-11-10-15-35(17-20)28(40)41-7/h13,16,18-20,22H,8-12,14-15,17H2,1-7H3,(H,31,39)(H,32,37)(H,33,34,38). The zero-order chi connectivity index (χ0) is 31.8. The quantitative estimate of drug-likeness (QED) is 0.315. The monoisotopic (exact) mass is 618 g/mol. The van der Waals surface area contributed by atoms with Crippen molar-refractivity contribution in [1.29, 1.82) is 0 Å². The van der Waals surface area contributed by atoms with Crippen LogP contribution in [0.4, 0.5) is 14.7 Å². The highest BCUT2D eigenvalue weighted by molar-refractivity contribution is 7.13. The molecule has 1 aliphatic rings. The van der Waals surface area contributed by atoms with E-state index in [4.69, 9.17) is 9.47 Å². The van der Waals surface area contributed by atoms with Crippen LogP contribution < -0.4 is 16.0 Å². The minimum absolute atomic E-state index is 0.0505. The number of unbranched alkanes of at least 4 members (excludes halogenated alkanes) is 1. The first kappa shape index (κ1) is 33.9. The Kier molecular flexibility index (Phi) is 11.6. The molecule has 43 heavy (non-hydrogen) atoms. The Bertz CT molecular complexity index is 1260. The lowest BCUT2D eigenvalue weighted by molar-refractivity contribution is -0.118. The fourth-order valence-corrected chi connectivity index (χ4v) is 5.47. The molecule has 3 heterocycles. The number of piperidine rings is 1. The van der Waals surface area contributed by atoms with Gasteiger partial charge in [0.15, 0.2) is 5.13 Å². The van der Waals surface area contributed by atoms with Crippen molar-refractivity contribution >= 4 is 40.5 Å². The lowest BCUT2D eigenvalue weighted by atomic mass is 9.96. The van der Waals surface area contributed by atoms with Crippen LogP contribution in [-0.2, 0) is 19.8 Å². The van der Waals surface area contributed by atoms with E-state index < -0.39 is 17.7 Å². The van der Waals surface area contributed by atoms with Gasteiger partial charge in [0.05, 0.1) is 18.4 Å². The summed E-state index contributed by atoms with van der Waals surface area (Å²) in [6.07, 6.45) is 6.02. The molecule has 2 unspecified atom stereocenters. The van der Waals surface area contributed by atoms with Gasteiger partial charge in [0.1, 0.15) is 11.6 Å². The summed E-state index contributed by atoms with van der Waals surface area (Å²) in [6, 6.07) is 0.915. The lowest BCUT2D eigenvalue weighted by Crippen LogP contribution is -2.44.